The van der Waals surface area contributed by atoms with Gasteiger partial charge in [-0.3, -0.25) is 19.2 Å². The van der Waals surface area contributed by atoms with Crippen molar-refractivity contribution in [3.63, 3.8) is 0 Å². The fraction of sp³-hybridized carbons (Fsp3) is 0.238. The van der Waals surface area contributed by atoms with Gasteiger partial charge in [0.1, 0.15) is 0 Å². The maximum absolute atomic E-state index is 12.2. The van der Waals surface area contributed by atoms with E-state index >= 15 is 0 Å². The highest BCUT2D eigenvalue weighted by Gasteiger charge is 2.14. The van der Waals surface area contributed by atoms with Gasteiger partial charge in [0.2, 0.25) is 23.6 Å². The van der Waals surface area contributed by atoms with E-state index in [1.807, 2.05) is 0 Å². The van der Waals surface area contributed by atoms with Gasteiger partial charge in [-0.2, -0.15) is 0 Å². The fourth-order valence-corrected chi connectivity index (χ4v) is 2.67. The minimum Gasteiger partial charge on any atom is -0.326 e. The summed E-state index contributed by atoms with van der Waals surface area (Å²) in [5.41, 5.74) is 2.50. The summed E-state index contributed by atoms with van der Waals surface area (Å²) in [6.07, 6.45) is 0.112. The van der Waals surface area contributed by atoms with Gasteiger partial charge in [-0.1, -0.05) is 0 Å². The van der Waals surface area contributed by atoms with Crippen molar-refractivity contribution < 1.29 is 19.2 Å². The van der Waals surface area contributed by atoms with Crippen molar-refractivity contribution in [2.24, 2.45) is 0 Å². The van der Waals surface area contributed by atoms with E-state index in [1.54, 1.807) is 48.5 Å². The van der Waals surface area contributed by atoms with Crippen LogP contribution in [0.2, 0.25) is 0 Å². The van der Waals surface area contributed by atoms with Crippen molar-refractivity contribution in [3.05, 3.63) is 48.5 Å². The molecule has 8 nitrogen and oxygen atoms in total. The molecule has 4 amide bonds. The van der Waals surface area contributed by atoms with Crippen LogP contribution in [0.4, 0.5) is 22.7 Å². The maximum atomic E-state index is 12.2. The zero-order chi connectivity index (χ0) is 21.4. The van der Waals surface area contributed by atoms with Crippen molar-refractivity contribution in [1.29, 1.82) is 0 Å². The summed E-state index contributed by atoms with van der Waals surface area (Å²) in [4.78, 5) is 47.9. The number of hydrogen-bond acceptors (Lipinski definition) is 4. The Bertz CT molecular complexity index is 892. The lowest BCUT2D eigenvalue weighted by Gasteiger charge is -2.21. The van der Waals surface area contributed by atoms with Gasteiger partial charge in [-0.15, -0.1) is 0 Å². The predicted molar refractivity (Wildman–Crippen MR) is 113 cm³/mol. The smallest absolute Gasteiger partial charge is 0.226 e. The molecular weight excluding hydrogens is 372 g/mol. The van der Waals surface area contributed by atoms with Gasteiger partial charge in [0, 0.05) is 56.5 Å². The van der Waals surface area contributed by atoms with Crippen LogP contribution in [0.15, 0.2) is 48.5 Å². The molecule has 0 unspecified atom stereocenters. The molecule has 0 saturated heterocycles. The quantitative estimate of drug-likeness (QED) is 0.669. The number of hydrogen-bond donors (Lipinski definition) is 3. The highest BCUT2D eigenvalue weighted by molar-refractivity contribution is 5.95. The van der Waals surface area contributed by atoms with Gasteiger partial charge in [0.15, 0.2) is 0 Å². The lowest BCUT2D eigenvalue weighted by Crippen LogP contribution is -2.31. The number of carbonyl (C=O) groups is 4. The Morgan fingerprint density at radius 2 is 1.10 bits per heavy atom. The molecule has 0 aliphatic carbocycles. The standard InChI is InChI=1S/C21H24N4O4/c1-14(26)22-17-4-6-19(7-5-17)24-21(29)12-13-25(16(3)28)20-10-8-18(9-11-20)23-15(2)27/h4-11H,12-13H2,1-3H3,(H,22,26)(H,23,27)(H,24,29). The monoisotopic (exact) mass is 396 g/mol. The van der Waals surface area contributed by atoms with Crippen LogP contribution >= 0.6 is 0 Å². The molecule has 0 radical (unpaired) electrons. The Morgan fingerprint density at radius 1 is 0.690 bits per heavy atom. The molecule has 0 bridgehead atoms. The molecule has 2 aromatic rings. The van der Waals surface area contributed by atoms with E-state index < -0.39 is 0 Å². The van der Waals surface area contributed by atoms with Gasteiger partial charge in [-0.25, -0.2) is 0 Å². The Labute approximate surface area is 169 Å². The van der Waals surface area contributed by atoms with Gasteiger partial charge in [0.25, 0.3) is 0 Å². The third-order valence-corrected chi connectivity index (χ3v) is 3.93. The normalized spacial score (nSPS) is 10.0. The van der Waals surface area contributed by atoms with Gasteiger partial charge in [0.05, 0.1) is 0 Å². The van der Waals surface area contributed by atoms with Gasteiger partial charge in [-0.05, 0) is 48.5 Å². The number of nitrogens with zero attached hydrogens (tertiary/aromatic N) is 1. The summed E-state index contributed by atoms with van der Waals surface area (Å²) in [6, 6.07) is 13.6. The number of amides is 4. The second-order valence-electron chi connectivity index (χ2n) is 6.46. The summed E-state index contributed by atoms with van der Waals surface area (Å²) in [5, 5.41) is 8.08. The van der Waals surface area contributed by atoms with E-state index in [1.165, 1.54) is 25.7 Å². The molecule has 29 heavy (non-hydrogen) atoms. The number of nitrogens with one attached hydrogen (secondary N) is 3. The molecule has 0 aromatic heterocycles. The average molecular weight is 396 g/mol. The van der Waals surface area contributed by atoms with Crippen LogP contribution in [-0.4, -0.2) is 30.2 Å². The molecule has 2 aromatic carbocycles. The van der Waals surface area contributed by atoms with Crippen LogP contribution in [0.25, 0.3) is 0 Å². The zero-order valence-corrected chi connectivity index (χ0v) is 16.6. The Hall–Kier alpha value is -3.68. The van der Waals surface area contributed by atoms with E-state index in [-0.39, 0.29) is 36.6 Å². The first-order valence-electron chi connectivity index (χ1n) is 9.08. The lowest BCUT2D eigenvalue weighted by molar-refractivity contribution is -0.117. The minimum absolute atomic E-state index is 0.112. The first-order chi connectivity index (χ1) is 13.7. The predicted octanol–water partition coefficient (Wildman–Crippen LogP) is 2.99. The second-order valence-corrected chi connectivity index (χ2v) is 6.46. The molecule has 0 aliphatic heterocycles. The van der Waals surface area contributed by atoms with Crippen LogP contribution in [0.1, 0.15) is 27.2 Å². The summed E-state index contributed by atoms with van der Waals surface area (Å²) < 4.78 is 0. The molecule has 3 N–H and O–H groups in total. The summed E-state index contributed by atoms with van der Waals surface area (Å²) >= 11 is 0. The van der Waals surface area contributed by atoms with Gasteiger partial charge < -0.3 is 20.9 Å². The highest BCUT2D eigenvalue weighted by Crippen LogP contribution is 2.19. The van der Waals surface area contributed by atoms with Crippen molar-refractivity contribution in [2.75, 3.05) is 27.4 Å². The molecule has 0 heterocycles. The number of anilines is 4. The zero-order valence-electron chi connectivity index (χ0n) is 16.6. The fourth-order valence-electron chi connectivity index (χ4n) is 2.67. The molecule has 152 valence electrons. The van der Waals surface area contributed by atoms with E-state index in [2.05, 4.69) is 16.0 Å². The molecule has 0 saturated carbocycles. The van der Waals surface area contributed by atoms with E-state index in [0.29, 0.717) is 22.7 Å². The molecule has 2 rings (SSSR count). The van der Waals surface area contributed by atoms with Crippen molar-refractivity contribution in [3.8, 4) is 0 Å². The molecule has 0 fully saturated rings. The molecular formula is C21H24N4O4. The van der Waals surface area contributed by atoms with Crippen LogP contribution in [-0.2, 0) is 19.2 Å². The van der Waals surface area contributed by atoms with E-state index in [4.69, 9.17) is 0 Å². The van der Waals surface area contributed by atoms with E-state index in [0.717, 1.165) is 0 Å². The number of rotatable bonds is 7. The summed E-state index contributed by atoms with van der Waals surface area (Å²) in [6.45, 7) is 4.48. The Kier molecular flexibility index (Phi) is 7.47. The first-order valence-corrected chi connectivity index (χ1v) is 9.08. The maximum Gasteiger partial charge on any atom is 0.226 e. The average Bonchev–Trinajstić information content (AvgIpc) is 2.63. The summed E-state index contributed by atoms with van der Waals surface area (Å²) in [7, 11) is 0. The Balaban J connectivity index is 1.94. The summed E-state index contributed by atoms with van der Waals surface area (Å²) in [5.74, 6) is -0.776. The van der Waals surface area contributed by atoms with Crippen LogP contribution in [0.5, 0.6) is 0 Å². The Morgan fingerprint density at radius 3 is 1.52 bits per heavy atom. The van der Waals surface area contributed by atoms with Crippen LogP contribution < -0.4 is 20.9 Å². The molecule has 0 spiro atoms. The minimum atomic E-state index is -0.238. The van der Waals surface area contributed by atoms with Crippen molar-refractivity contribution in [1.82, 2.24) is 0 Å². The third kappa shape index (κ3) is 7.10. The largest absolute Gasteiger partial charge is 0.326 e. The SMILES string of the molecule is CC(=O)Nc1ccc(NC(=O)CCN(C(C)=O)c2ccc(NC(C)=O)cc2)cc1. The molecule has 0 aliphatic rings. The topological polar surface area (TPSA) is 108 Å². The van der Waals surface area contributed by atoms with E-state index in [9.17, 15) is 19.2 Å². The van der Waals surface area contributed by atoms with Gasteiger partial charge >= 0.3 is 0 Å². The van der Waals surface area contributed by atoms with Crippen LogP contribution in [0, 0.1) is 0 Å². The number of benzene rings is 2. The highest BCUT2D eigenvalue weighted by atomic mass is 16.2. The van der Waals surface area contributed by atoms with Crippen molar-refractivity contribution in [2.45, 2.75) is 27.2 Å². The molecule has 8 heteroatoms. The number of carbonyl (C=O) groups excluding carboxylic acids is 4. The van der Waals surface area contributed by atoms with Crippen molar-refractivity contribution >= 4 is 46.4 Å². The first kappa shape index (κ1) is 21.6. The third-order valence-electron chi connectivity index (χ3n) is 3.93. The molecule has 0 atom stereocenters. The lowest BCUT2D eigenvalue weighted by atomic mass is 10.2. The second kappa shape index (κ2) is 10.0. The van der Waals surface area contributed by atoms with Crippen LogP contribution in [0.3, 0.4) is 0 Å².